The Hall–Kier alpha value is -2.69. The first-order valence-corrected chi connectivity index (χ1v) is 9.02. The number of aryl methyl sites for hydroxylation is 1. The van der Waals surface area contributed by atoms with Crippen molar-refractivity contribution in [2.45, 2.75) is 45.2 Å². The predicted molar refractivity (Wildman–Crippen MR) is 99.2 cm³/mol. The SMILES string of the molecule is CC[C@H](C(=O)NCc1ccc(F)cc1)N1C(=O)CCCc2ccccc21. The molecule has 2 amide bonds. The number of halogens is 1. The van der Waals surface area contributed by atoms with Crippen LogP contribution in [0.3, 0.4) is 0 Å². The fourth-order valence-corrected chi connectivity index (χ4v) is 3.38. The molecule has 3 rings (SSSR count). The topological polar surface area (TPSA) is 49.4 Å². The third-order valence-electron chi connectivity index (χ3n) is 4.74. The lowest BCUT2D eigenvalue weighted by atomic mass is 10.1. The molecule has 1 aliphatic heterocycles. The quantitative estimate of drug-likeness (QED) is 0.892. The summed E-state index contributed by atoms with van der Waals surface area (Å²) in [6.45, 7) is 2.21. The van der Waals surface area contributed by atoms with Crippen molar-refractivity contribution in [2.75, 3.05) is 4.90 Å². The molecule has 2 aromatic carbocycles. The fourth-order valence-electron chi connectivity index (χ4n) is 3.38. The van der Waals surface area contributed by atoms with E-state index in [1.165, 1.54) is 12.1 Å². The minimum atomic E-state index is -0.554. The third kappa shape index (κ3) is 3.93. The Bertz CT molecular complexity index is 789. The van der Waals surface area contributed by atoms with E-state index in [2.05, 4.69) is 5.32 Å². The Morgan fingerprint density at radius 2 is 1.88 bits per heavy atom. The summed E-state index contributed by atoms with van der Waals surface area (Å²) >= 11 is 0. The van der Waals surface area contributed by atoms with Gasteiger partial charge in [-0.05, 0) is 48.6 Å². The van der Waals surface area contributed by atoms with Crippen molar-refractivity contribution in [3.63, 3.8) is 0 Å². The van der Waals surface area contributed by atoms with Crippen LogP contribution in [0.25, 0.3) is 0 Å². The number of anilines is 1. The van der Waals surface area contributed by atoms with Gasteiger partial charge in [0.05, 0.1) is 0 Å². The molecule has 0 fully saturated rings. The van der Waals surface area contributed by atoms with Crippen molar-refractivity contribution in [1.82, 2.24) is 5.32 Å². The van der Waals surface area contributed by atoms with Crippen LogP contribution in [-0.4, -0.2) is 17.9 Å². The highest BCUT2D eigenvalue weighted by molar-refractivity contribution is 6.01. The number of hydrogen-bond donors (Lipinski definition) is 1. The Labute approximate surface area is 153 Å². The lowest BCUT2D eigenvalue weighted by Crippen LogP contribution is -2.49. The molecule has 1 aliphatic rings. The minimum Gasteiger partial charge on any atom is -0.350 e. The van der Waals surface area contributed by atoms with Crippen molar-refractivity contribution in [1.29, 1.82) is 0 Å². The van der Waals surface area contributed by atoms with Gasteiger partial charge >= 0.3 is 0 Å². The first kappa shape index (κ1) is 18.1. The summed E-state index contributed by atoms with van der Waals surface area (Å²) in [5.74, 6) is -0.515. The molecule has 1 N–H and O–H groups in total. The van der Waals surface area contributed by atoms with Crippen LogP contribution in [0.4, 0.5) is 10.1 Å². The molecular weight excluding hydrogens is 331 g/mol. The zero-order valence-corrected chi connectivity index (χ0v) is 14.9. The molecule has 2 aromatic rings. The van der Waals surface area contributed by atoms with Gasteiger partial charge in [-0.15, -0.1) is 0 Å². The molecule has 0 bridgehead atoms. The average Bonchev–Trinajstić information content (AvgIpc) is 2.81. The normalized spacial score (nSPS) is 15.2. The monoisotopic (exact) mass is 354 g/mol. The van der Waals surface area contributed by atoms with Crippen LogP contribution in [0, 0.1) is 5.82 Å². The second-order valence-corrected chi connectivity index (χ2v) is 6.51. The van der Waals surface area contributed by atoms with E-state index in [0.717, 1.165) is 29.7 Å². The molecule has 4 nitrogen and oxygen atoms in total. The maximum absolute atomic E-state index is 13.0. The molecule has 0 saturated carbocycles. The highest BCUT2D eigenvalue weighted by atomic mass is 19.1. The highest BCUT2D eigenvalue weighted by Gasteiger charge is 2.32. The number of fused-ring (bicyclic) bond motifs is 1. The number of amides is 2. The van der Waals surface area contributed by atoms with Crippen LogP contribution in [0.5, 0.6) is 0 Å². The summed E-state index contributed by atoms with van der Waals surface area (Å²) < 4.78 is 13.0. The van der Waals surface area contributed by atoms with Gasteiger partial charge in [0.25, 0.3) is 0 Å². The molecule has 136 valence electrons. The molecule has 1 atom stereocenters. The molecule has 0 aliphatic carbocycles. The van der Waals surface area contributed by atoms with Crippen LogP contribution >= 0.6 is 0 Å². The number of hydrogen-bond acceptors (Lipinski definition) is 2. The second kappa shape index (κ2) is 8.13. The van der Waals surface area contributed by atoms with Crippen LogP contribution in [0.1, 0.15) is 37.3 Å². The van der Waals surface area contributed by atoms with Crippen LogP contribution in [0.15, 0.2) is 48.5 Å². The lowest BCUT2D eigenvalue weighted by molar-refractivity contribution is -0.126. The second-order valence-electron chi connectivity index (χ2n) is 6.51. The van der Waals surface area contributed by atoms with Crippen molar-refractivity contribution in [3.05, 3.63) is 65.5 Å². The van der Waals surface area contributed by atoms with Gasteiger partial charge in [-0.1, -0.05) is 37.3 Å². The highest BCUT2D eigenvalue weighted by Crippen LogP contribution is 2.29. The van der Waals surface area contributed by atoms with E-state index in [9.17, 15) is 14.0 Å². The third-order valence-corrected chi connectivity index (χ3v) is 4.74. The number of carbonyl (C=O) groups excluding carboxylic acids is 2. The number of nitrogens with one attached hydrogen (secondary N) is 1. The molecule has 0 radical (unpaired) electrons. The van der Waals surface area contributed by atoms with E-state index in [1.54, 1.807) is 17.0 Å². The van der Waals surface area contributed by atoms with E-state index < -0.39 is 6.04 Å². The van der Waals surface area contributed by atoms with Gasteiger partial charge in [0, 0.05) is 18.7 Å². The first-order valence-electron chi connectivity index (χ1n) is 9.02. The maximum atomic E-state index is 13.0. The summed E-state index contributed by atoms with van der Waals surface area (Å²) in [7, 11) is 0. The van der Waals surface area contributed by atoms with Gasteiger partial charge in [0.15, 0.2) is 0 Å². The van der Waals surface area contributed by atoms with E-state index in [1.807, 2.05) is 31.2 Å². The zero-order chi connectivity index (χ0) is 18.5. The Kier molecular flexibility index (Phi) is 5.66. The summed E-state index contributed by atoms with van der Waals surface area (Å²) in [5, 5.41) is 2.88. The standard InChI is InChI=1S/C21H23FN2O2/c1-2-18(21(26)23-14-15-10-12-17(22)13-11-15)24-19-8-4-3-6-16(19)7-5-9-20(24)25/h3-4,6,8,10-13,18H,2,5,7,9,14H2,1H3,(H,23,26)/t18-/m1/s1. The van der Waals surface area contributed by atoms with E-state index in [0.29, 0.717) is 19.4 Å². The predicted octanol–water partition coefficient (Wildman–Crippen LogP) is 3.59. The minimum absolute atomic E-state index is 0.0151. The van der Waals surface area contributed by atoms with Gasteiger partial charge in [0.1, 0.15) is 11.9 Å². The number of para-hydroxylation sites is 1. The van der Waals surface area contributed by atoms with E-state index in [-0.39, 0.29) is 17.6 Å². The Balaban J connectivity index is 1.79. The Morgan fingerprint density at radius 3 is 2.62 bits per heavy atom. The number of carbonyl (C=O) groups is 2. The lowest BCUT2D eigenvalue weighted by Gasteiger charge is -2.30. The fraction of sp³-hybridized carbons (Fsp3) is 0.333. The van der Waals surface area contributed by atoms with Gasteiger partial charge < -0.3 is 5.32 Å². The van der Waals surface area contributed by atoms with Crippen molar-refractivity contribution in [3.8, 4) is 0 Å². The van der Waals surface area contributed by atoms with Gasteiger partial charge in [-0.25, -0.2) is 4.39 Å². The maximum Gasteiger partial charge on any atom is 0.243 e. The molecule has 0 aromatic heterocycles. The molecular formula is C21H23FN2O2. The molecule has 0 unspecified atom stereocenters. The molecule has 1 heterocycles. The largest absolute Gasteiger partial charge is 0.350 e. The summed E-state index contributed by atoms with van der Waals surface area (Å²) in [5.41, 5.74) is 2.75. The van der Waals surface area contributed by atoms with E-state index >= 15 is 0 Å². The van der Waals surface area contributed by atoms with Crippen molar-refractivity contribution >= 4 is 17.5 Å². The Morgan fingerprint density at radius 1 is 1.15 bits per heavy atom. The molecule has 0 saturated heterocycles. The van der Waals surface area contributed by atoms with Crippen LogP contribution in [0.2, 0.25) is 0 Å². The van der Waals surface area contributed by atoms with Crippen molar-refractivity contribution < 1.29 is 14.0 Å². The summed E-state index contributed by atoms with van der Waals surface area (Å²) in [4.78, 5) is 27.2. The van der Waals surface area contributed by atoms with Gasteiger partial charge in [-0.3, -0.25) is 14.5 Å². The van der Waals surface area contributed by atoms with Gasteiger partial charge in [-0.2, -0.15) is 0 Å². The summed E-state index contributed by atoms with van der Waals surface area (Å²) in [6.07, 6.45) is 2.60. The molecule has 0 spiro atoms. The van der Waals surface area contributed by atoms with Crippen LogP contribution < -0.4 is 10.2 Å². The van der Waals surface area contributed by atoms with Gasteiger partial charge in [0.2, 0.25) is 11.8 Å². The number of benzene rings is 2. The van der Waals surface area contributed by atoms with Crippen LogP contribution in [-0.2, 0) is 22.6 Å². The zero-order valence-electron chi connectivity index (χ0n) is 14.9. The first-order chi connectivity index (χ1) is 12.6. The summed E-state index contributed by atoms with van der Waals surface area (Å²) in [6, 6.07) is 13.3. The molecule has 5 heteroatoms. The number of rotatable bonds is 5. The van der Waals surface area contributed by atoms with Crippen molar-refractivity contribution in [2.24, 2.45) is 0 Å². The average molecular weight is 354 g/mol. The molecule has 26 heavy (non-hydrogen) atoms. The smallest absolute Gasteiger partial charge is 0.243 e. The van der Waals surface area contributed by atoms with E-state index in [4.69, 9.17) is 0 Å². The number of nitrogens with zero attached hydrogens (tertiary/aromatic N) is 1.